The first-order valence-electron chi connectivity index (χ1n) is 14.7. The van der Waals surface area contributed by atoms with Gasteiger partial charge in [-0.1, -0.05) is 0 Å². The number of anilines is 6. The number of hydrogen-bond acceptors (Lipinski definition) is 9. The van der Waals surface area contributed by atoms with Crippen molar-refractivity contribution in [2.45, 2.75) is 20.8 Å². The lowest BCUT2D eigenvalue weighted by Crippen LogP contribution is -2.27. The SMILES string of the molecule is COc1ccc(N(C(C)=O)c2cc(N(C(C)=O)c3ccc(OC)c(OC)c3)cc(N(C(C)=O)c3ccc(OC)c(OC)c3)c2)cc1OC. The molecule has 0 fully saturated rings. The first kappa shape index (κ1) is 35.0. The van der Waals surface area contributed by atoms with Crippen molar-refractivity contribution in [3.8, 4) is 34.5 Å². The summed E-state index contributed by atoms with van der Waals surface area (Å²) in [4.78, 5) is 44.6. The Labute approximate surface area is 279 Å². The molecule has 0 spiro atoms. The molecule has 0 heterocycles. The van der Waals surface area contributed by atoms with E-state index in [4.69, 9.17) is 28.4 Å². The molecule has 252 valence electrons. The maximum absolute atomic E-state index is 13.4. The van der Waals surface area contributed by atoms with Gasteiger partial charge in [-0.05, 0) is 54.6 Å². The second kappa shape index (κ2) is 15.1. The van der Waals surface area contributed by atoms with E-state index in [-0.39, 0.29) is 17.7 Å². The number of carbonyl (C=O) groups is 3. The molecule has 0 atom stereocenters. The van der Waals surface area contributed by atoms with Crippen molar-refractivity contribution < 1.29 is 42.8 Å². The van der Waals surface area contributed by atoms with E-state index in [1.165, 1.54) is 78.1 Å². The van der Waals surface area contributed by atoms with Gasteiger partial charge in [0.1, 0.15) is 0 Å². The molecule has 4 aromatic rings. The quantitative estimate of drug-likeness (QED) is 0.162. The molecule has 0 radical (unpaired) electrons. The highest BCUT2D eigenvalue weighted by Crippen LogP contribution is 2.43. The van der Waals surface area contributed by atoms with Crippen LogP contribution in [0.1, 0.15) is 20.8 Å². The van der Waals surface area contributed by atoms with Gasteiger partial charge in [-0.2, -0.15) is 0 Å². The molecule has 4 rings (SSSR count). The summed E-state index contributed by atoms with van der Waals surface area (Å²) < 4.78 is 32.8. The minimum absolute atomic E-state index is 0.341. The van der Waals surface area contributed by atoms with Crippen LogP contribution in [0, 0.1) is 0 Å². The third-order valence-corrected chi connectivity index (χ3v) is 7.48. The number of ether oxygens (including phenoxy) is 6. The van der Waals surface area contributed by atoms with E-state index in [0.29, 0.717) is 68.6 Å². The van der Waals surface area contributed by atoms with Gasteiger partial charge in [0.15, 0.2) is 34.5 Å². The summed E-state index contributed by atoms with van der Waals surface area (Å²) in [6.45, 7) is 4.24. The molecule has 0 aliphatic carbocycles. The minimum Gasteiger partial charge on any atom is -0.493 e. The van der Waals surface area contributed by atoms with Crippen LogP contribution in [0.25, 0.3) is 0 Å². The summed E-state index contributed by atoms with van der Waals surface area (Å²) in [5.41, 5.74) is 2.47. The molecule has 0 aliphatic heterocycles. The van der Waals surface area contributed by atoms with E-state index in [0.717, 1.165) is 0 Å². The molecular formula is C36H39N3O9. The monoisotopic (exact) mass is 657 g/mol. The smallest absolute Gasteiger partial charge is 0.228 e. The van der Waals surface area contributed by atoms with Crippen molar-refractivity contribution in [3.05, 3.63) is 72.8 Å². The van der Waals surface area contributed by atoms with Crippen LogP contribution in [0.5, 0.6) is 34.5 Å². The highest BCUT2D eigenvalue weighted by Gasteiger charge is 2.26. The van der Waals surface area contributed by atoms with Crippen LogP contribution in [0.4, 0.5) is 34.1 Å². The van der Waals surface area contributed by atoms with Crippen LogP contribution >= 0.6 is 0 Å². The normalized spacial score (nSPS) is 10.4. The fourth-order valence-corrected chi connectivity index (χ4v) is 5.40. The van der Waals surface area contributed by atoms with Gasteiger partial charge in [0.2, 0.25) is 17.7 Å². The van der Waals surface area contributed by atoms with Crippen LogP contribution in [-0.4, -0.2) is 60.4 Å². The van der Waals surface area contributed by atoms with Crippen molar-refractivity contribution in [2.75, 3.05) is 57.4 Å². The third kappa shape index (κ3) is 7.07. The Kier molecular flexibility index (Phi) is 11.0. The van der Waals surface area contributed by atoms with Crippen LogP contribution in [0.2, 0.25) is 0 Å². The average Bonchev–Trinajstić information content (AvgIpc) is 3.07. The van der Waals surface area contributed by atoms with E-state index >= 15 is 0 Å². The predicted octanol–water partition coefficient (Wildman–Crippen LogP) is 6.79. The van der Waals surface area contributed by atoms with Gasteiger partial charge >= 0.3 is 0 Å². The number of methoxy groups -OCH3 is 6. The Bertz CT molecular complexity index is 1600. The Morgan fingerprint density at radius 1 is 0.354 bits per heavy atom. The molecule has 0 bridgehead atoms. The van der Waals surface area contributed by atoms with E-state index in [9.17, 15) is 14.4 Å². The van der Waals surface area contributed by atoms with Crippen LogP contribution in [0.3, 0.4) is 0 Å². The molecule has 0 aliphatic rings. The fourth-order valence-electron chi connectivity index (χ4n) is 5.40. The van der Waals surface area contributed by atoms with Crippen LogP contribution < -0.4 is 43.1 Å². The zero-order valence-corrected chi connectivity index (χ0v) is 28.4. The molecule has 0 saturated heterocycles. The Morgan fingerprint density at radius 3 is 0.771 bits per heavy atom. The summed E-state index contributed by atoms with van der Waals surface area (Å²) in [5, 5.41) is 0. The largest absolute Gasteiger partial charge is 0.493 e. The number of carbonyl (C=O) groups excluding carboxylic acids is 3. The first-order valence-corrected chi connectivity index (χ1v) is 14.7. The van der Waals surface area contributed by atoms with Gasteiger partial charge in [0, 0.05) is 39.0 Å². The lowest BCUT2D eigenvalue weighted by molar-refractivity contribution is -0.116. The van der Waals surface area contributed by atoms with Gasteiger partial charge in [-0.25, -0.2) is 0 Å². The van der Waals surface area contributed by atoms with Gasteiger partial charge in [0.25, 0.3) is 0 Å². The lowest BCUT2D eigenvalue weighted by Gasteiger charge is -2.30. The maximum Gasteiger partial charge on any atom is 0.228 e. The molecule has 0 saturated carbocycles. The lowest BCUT2D eigenvalue weighted by atomic mass is 10.1. The van der Waals surface area contributed by atoms with Crippen LogP contribution in [0.15, 0.2) is 72.8 Å². The van der Waals surface area contributed by atoms with E-state index in [1.54, 1.807) is 72.8 Å². The Balaban J connectivity index is 2.05. The van der Waals surface area contributed by atoms with Crippen molar-refractivity contribution in [1.29, 1.82) is 0 Å². The minimum atomic E-state index is -0.341. The maximum atomic E-state index is 13.4. The number of amides is 3. The van der Waals surface area contributed by atoms with E-state index < -0.39 is 0 Å². The highest BCUT2D eigenvalue weighted by atomic mass is 16.5. The molecule has 3 amide bonds. The molecule has 0 N–H and O–H groups in total. The molecule has 48 heavy (non-hydrogen) atoms. The molecule has 12 nitrogen and oxygen atoms in total. The van der Waals surface area contributed by atoms with Crippen molar-refractivity contribution in [1.82, 2.24) is 0 Å². The summed E-state index contributed by atoms with van der Waals surface area (Å²) in [5.74, 6) is 1.63. The number of rotatable bonds is 12. The number of hydrogen-bond donors (Lipinski definition) is 0. The van der Waals surface area contributed by atoms with Crippen molar-refractivity contribution in [2.24, 2.45) is 0 Å². The predicted molar refractivity (Wildman–Crippen MR) is 184 cm³/mol. The summed E-state index contributed by atoms with van der Waals surface area (Å²) in [7, 11) is 9.06. The van der Waals surface area contributed by atoms with Crippen molar-refractivity contribution >= 4 is 51.8 Å². The van der Waals surface area contributed by atoms with Gasteiger partial charge in [-0.15, -0.1) is 0 Å². The summed E-state index contributed by atoms with van der Waals surface area (Å²) >= 11 is 0. The molecule has 0 unspecified atom stereocenters. The third-order valence-electron chi connectivity index (χ3n) is 7.48. The zero-order valence-electron chi connectivity index (χ0n) is 28.4. The highest BCUT2D eigenvalue weighted by molar-refractivity contribution is 6.06. The van der Waals surface area contributed by atoms with E-state index in [1.807, 2.05) is 0 Å². The molecular weight excluding hydrogens is 618 g/mol. The summed E-state index contributed by atoms with van der Waals surface area (Å²) in [6.07, 6.45) is 0. The Hall–Kier alpha value is -5.91. The Morgan fingerprint density at radius 2 is 0.583 bits per heavy atom. The van der Waals surface area contributed by atoms with Gasteiger partial charge < -0.3 is 28.4 Å². The number of benzene rings is 4. The summed E-state index contributed by atoms with van der Waals surface area (Å²) in [6, 6.07) is 20.3. The standard InChI is InChI=1S/C36H39N3O9/c1-22(40)37(25-10-13-31(43-4)34(19-25)46-7)28-16-29(38(23(2)41)26-11-14-32(44-5)35(20-26)47-8)18-30(17-28)39(24(3)42)27-12-15-33(45-6)36(21-27)48-9/h10-21H,1-9H3. The zero-order chi connectivity index (χ0) is 35.1. The second-order valence-electron chi connectivity index (χ2n) is 10.4. The molecule has 4 aromatic carbocycles. The average molecular weight is 658 g/mol. The fraction of sp³-hybridized carbons (Fsp3) is 0.250. The van der Waals surface area contributed by atoms with Gasteiger partial charge in [0.05, 0.1) is 76.8 Å². The molecule has 12 heteroatoms. The first-order chi connectivity index (χ1) is 23.0. The second-order valence-corrected chi connectivity index (χ2v) is 10.4. The topological polar surface area (TPSA) is 116 Å². The van der Waals surface area contributed by atoms with Gasteiger partial charge in [-0.3, -0.25) is 29.1 Å². The number of nitrogens with zero attached hydrogens (tertiary/aromatic N) is 3. The van der Waals surface area contributed by atoms with Crippen molar-refractivity contribution in [3.63, 3.8) is 0 Å². The van der Waals surface area contributed by atoms with Crippen LogP contribution in [-0.2, 0) is 14.4 Å². The van der Waals surface area contributed by atoms with E-state index in [2.05, 4.69) is 0 Å². The molecule has 0 aromatic heterocycles.